The van der Waals surface area contributed by atoms with Crippen molar-refractivity contribution >= 4 is 68.4 Å². The van der Waals surface area contributed by atoms with Crippen LogP contribution in [0.4, 0.5) is 34.3 Å². The number of furan rings is 1. The van der Waals surface area contributed by atoms with Gasteiger partial charge in [0.2, 0.25) is 5.88 Å². The topological polar surface area (TPSA) is 38.1 Å². The van der Waals surface area contributed by atoms with Crippen LogP contribution in [-0.2, 0) is 16.2 Å². The number of hydrogen-bond donors (Lipinski definition) is 0. The molecule has 0 atom stereocenters. The van der Waals surface area contributed by atoms with Gasteiger partial charge in [0.25, 0.3) is 6.71 Å². The average Bonchev–Trinajstić information content (AvgIpc) is 3.34. The lowest BCUT2D eigenvalue weighted by molar-refractivity contribution is 0.296. The van der Waals surface area contributed by atoms with Crippen molar-refractivity contribution in [3.63, 3.8) is 0 Å². The van der Waals surface area contributed by atoms with Crippen molar-refractivity contribution in [3.05, 3.63) is 113 Å². The number of ether oxygens (including phenoxy) is 2. The zero-order valence-corrected chi connectivity index (χ0v) is 34.4. The summed E-state index contributed by atoms with van der Waals surface area (Å²) in [6.45, 7) is 26.2. The molecule has 5 nitrogen and oxygen atoms in total. The third-order valence-corrected chi connectivity index (χ3v) is 12.0. The molecule has 6 heteroatoms. The SMILES string of the molecule is Cc1cc2c(c(C)c1N1c3cccc4c3B(c3cc(C(C)(C)C)ccc3N4c3ccc(C(C)(C)C)cc3)c3c1oc1ccc(C(C)(C)C)cc31)OCCCO2. The standard InChI is InChI=1S/C49H53BN2O3/c1-29-26-41-45(54-25-13-24-53-41)30(2)44(29)52-39-15-12-14-38-43(39)50(42-35-27-32(48(6,7)8)19-23-40(35)55-46(42)52)36-28-33(49(9,10)11)18-22-37(36)51(38)34-20-16-31(17-21-34)47(3,4)5/h12,14-23,26-28H,13,24-25H2,1-11H3. The molecule has 280 valence electrons. The molecule has 9 rings (SSSR count). The molecule has 0 spiro atoms. The smallest absolute Gasteiger partial charge is 0.257 e. The summed E-state index contributed by atoms with van der Waals surface area (Å²) < 4.78 is 19.8. The Bertz CT molecular complexity index is 2510. The Hall–Kier alpha value is -5.10. The lowest BCUT2D eigenvalue weighted by Crippen LogP contribution is -2.61. The molecule has 1 aromatic heterocycles. The Balaban J connectivity index is 1.39. The van der Waals surface area contributed by atoms with Crippen molar-refractivity contribution in [2.45, 2.75) is 98.8 Å². The maximum Gasteiger partial charge on any atom is 0.257 e. The van der Waals surface area contributed by atoms with E-state index in [2.05, 4.69) is 171 Å². The quantitative estimate of drug-likeness (QED) is 0.166. The average molecular weight is 729 g/mol. The summed E-state index contributed by atoms with van der Waals surface area (Å²) in [6, 6.07) is 32.1. The maximum absolute atomic E-state index is 7.17. The number of rotatable bonds is 2. The van der Waals surface area contributed by atoms with Crippen molar-refractivity contribution in [2.75, 3.05) is 23.0 Å². The molecule has 0 saturated heterocycles. The van der Waals surface area contributed by atoms with Crippen LogP contribution in [0.1, 0.15) is 96.6 Å². The minimum absolute atomic E-state index is 0.0306. The van der Waals surface area contributed by atoms with Gasteiger partial charge < -0.3 is 18.8 Å². The summed E-state index contributed by atoms with van der Waals surface area (Å²) in [5.74, 6) is 2.50. The molecule has 0 aliphatic carbocycles. The van der Waals surface area contributed by atoms with E-state index in [4.69, 9.17) is 13.9 Å². The van der Waals surface area contributed by atoms with Crippen LogP contribution in [-0.4, -0.2) is 19.9 Å². The first-order valence-electron chi connectivity index (χ1n) is 20.0. The Morgan fingerprint density at radius 1 is 0.600 bits per heavy atom. The van der Waals surface area contributed by atoms with Gasteiger partial charge >= 0.3 is 0 Å². The fourth-order valence-electron chi connectivity index (χ4n) is 8.97. The second-order valence-electron chi connectivity index (χ2n) is 19.0. The molecule has 3 aliphatic heterocycles. The van der Waals surface area contributed by atoms with Crippen LogP contribution in [0.25, 0.3) is 11.0 Å². The lowest BCUT2D eigenvalue weighted by Gasteiger charge is -2.43. The molecule has 3 aliphatic rings. The predicted octanol–water partition coefficient (Wildman–Crippen LogP) is 11.2. The van der Waals surface area contributed by atoms with Gasteiger partial charge in [0, 0.05) is 45.6 Å². The van der Waals surface area contributed by atoms with Crippen LogP contribution in [0, 0.1) is 13.8 Å². The number of anilines is 6. The van der Waals surface area contributed by atoms with Gasteiger partial charge in [0.05, 0.1) is 18.9 Å². The van der Waals surface area contributed by atoms with E-state index in [9.17, 15) is 0 Å². The molecule has 0 amide bonds. The van der Waals surface area contributed by atoms with Gasteiger partial charge in [0.1, 0.15) is 5.58 Å². The van der Waals surface area contributed by atoms with Crippen LogP contribution in [0.15, 0.2) is 89.3 Å². The van der Waals surface area contributed by atoms with Crippen LogP contribution in [0.5, 0.6) is 11.5 Å². The Kier molecular flexibility index (Phi) is 7.90. The van der Waals surface area contributed by atoms with Gasteiger partial charge in [-0.05, 0) is 112 Å². The summed E-state index contributed by atoms with van der Waals surface area (Å²) >= 11 is 0. The molecule has 0 saturated carbocycles. The molecule has 0 unspecified atom stereocenters. The van der Waals surface area contributed by atoms with Gasteiger partial charge in [-0.2, -0.15) is 0 Å². The first-order chi connectivity index (χ1) is 26.0. The highest BCUT2D eigenvalue weighted by molar-refractivity contribution is 7.01. The molecular formula is C49H53BN2O3. The molecule has 0 bridgehead atoms. The second kappa shape index (κ2) is 12.2. The zero-order chi connectivity index (χ0) is 38.8. The lowest BCUT2D eigenvalue weighted by atomic mass is 9.33. The Labute approximate surface area is 327 Å². The van der Waals surface area contributed by atoms with E-state index in [0.29, 0.717) is 13.2 Å². The van der Waals surface area contributed by atoms with E-state index < -0.39 is 0 Å². The van der Waals surface area contributed by atoms with Crippen molar-refractivity contribution in [3.8, 4) is 11.5 Å². The van der Waals surface area contributed by atoms with Crippen LogP contribution in [0.3, 0.4) is 0 Å². The van der Waals surface area contributed by atoms with E-state index in [1.165, 1.54) is 44.5 Å². The molecule has 6 aromatic rings. The van der Waals surface area contributed by atoms with Gasteiger partial charge in [-0.15, -0.1) is 0 Å². The summed E-state index contributed by atoms with van der Waals surface area (Å²) in [6.07, 6.45) is 0.854. The van der Waals surface area contributed by atoms with Crippen LogP contribution < -0.4 is 35.7 Å². The van der Waals surface area contributed by atoms with E-state index in [-0.39, 0.29) is 23.0 Å². The van der Waals surface area contributed by atoms with E-state index >= 15 is 0 Å². The molecule has 55 heavy (non-hydrogen) atoms. The minimum Gasteiger partial charge on any atom is -0.490 e. The summed E-state index contributed by atoms with van der Waals surface area (Å²) in [5, 5.41) is 1.16. The Morgan fingerprint density at radius 3 is 1.91 bits per heavy atom. The van der Waals surface area contributed by atoms with Crippen molar-refractivity contribution < 1.29 is 13.9 Å². The maximum atomic E-state index is 7.17. The number of benzene rings is 5. The van der Waals surface area contributed by atoms with Crippen molar-refractivity contribution in [1.82, 2.24) is 0 Å². The van der Waals surface area contributed by atoms with Crippen molar-refractivity contribution in [1.29, 1.82) is 0 Å². The molecule has 4 heterocycles. The minimum atomic E-state index is -0.0580. The van der Waals surface area contributed by atoms with Crippen LogP contribution >= 0.6 is 0 Å². The third-order valence-electron chi connectivity index (χ3n) is 12.0. The first-order valence-corrected chi connectivity index (χ1v) is 20.0. The molecular weight excluding hydrogens is 675 g/mol. The van der Waals surface area contributed by atoms with Gasteiger partial charge in [-0.3, -0.25) is 4.90 Å². The fraction of sp³-hybridized carbons (Fsp3) is 0.347. The zero-order valence-electron chi connectivity index (χ0n) is 34.4. The highest BCUT2D eigenvalue weighted by Crippen LogP contribution is 2.50. The molecule has 0 radical (unpaired) electrons. The van der Waals surface area contributed by atoms with Gasteiger partial charge in [-0.25, -0.2) is 0 Å². The van der Waals surface area contributed by atoms with E-state index in [1.54, 1.807) is 0 Å². The number of aryl methyl sites for hydroxylation is 1. The van der Waals surface area contributed by atoms with E-state index in [1.807, 2.05) is 0 Å². The highest BCUT2D eigenvalue weighted by Gasteiger charge is 2.47. The third kappa shape index (κ3) is 5.58. The highest BCUT2D eigenvalue weighted by atomic mass is 16.5. The summed E-state index contributed by atoms with van der Waals surface area (Å²) in [7, 11) is 0. The van der Waals surface area contributed by atoms with E-state index in [0.717, 1.165) is 63.0 Å². The second-order valence-corrected chi connectivity index (χ2v) is 19.0. The fourth-order valence-corrected chi connectivity index (χ4v) is 8.97. The predicted molar refractivity (Wildman–Crippen MR) is 231 cm³/mol. The van der Waals surface area contributed by atoms with Gasteiger partial charge in [0.15, 0.2) is 11.5 Å². The summed E-state index contributed by atoms with van der Waals surface area (Å²) in [5.41, 5.74) is 16.5. The molecule has 0 fully saturated rings. The van der Waals surface area contributed by atoms with Gasteiger partial charge in [-0.1, -0.05) is 98.7 Å². The molecule has 5 aromatic carbocycles. The largest absolute Gasteiger partial charge is 0.490 e. The monoisotopic (exact) mass is 728 g/mol. The number of nitrogens with zero attached hydrogens (tertiary/aromatic N) is 2. The normalized spacial score (nSPS) is 15.1. The van der Waals surface area contributed by atoms with Crippen LogP contribution in [0.2, 0.25) is 0 Å². The first kappa shape index (κ1) is 35.6. The summed E-state index contributed by atoms with van der Waals surface area (Å²) in [4.78, 5) is 4.88. The van der Waals surface area contributed by atoms with Crippen molar-refractivity contribution in [2.24, 2.45) is 0 Å². The number of hydrogen-bond acceptors (Lipinski definition) is 5. The number of fused-ring (bicyclic) bond motifs is 7. The Morgan fingerprint density at radius 2 is 1.22 bits per heavy atom. The molecule has 0 N–H and O–H groups in total.